The van der Waals surface area contributed by atoms with Crippen LogP contribution in [0.3, 0.4) is 0 Å². The zero-order chi connectivity index (χ0) is 12.8. The predicted octanol–water partition coefficient (Wildman–Crippen LogP) is 0.763. The molecule has 0 aromatic heterocycles. The van der Waals surface area contributed by atoms with Gasteiger partial charge in [-0.05, 0) is 25.9 Å². The van der Waals surface area contributed by atoms with Gasteiger partial charge in [-0.15, -0.1) is 24.8 Å². The van der Waals surface area contributed by atoms with Crippen LogP contribution in [-0.4, -0.2) is 74.2 Å². The minimum Gasteiger partial charge on any atom is -0.366 e. The van der Waals surface area contributed by atoms with Gasteiger partial charge in [0.1, 0.15) is 6.10 Å². The van der Waals surface area contributed by atoms with Crippen LogP contribution in [0, 0.1) is 0 Å². The molecule has 0 aromatic rings. The number of nitrogens with one attached hydrogen (secondary N) is 1. The molecular weight excluding hydrogens is 301 g/mol. The van der Waals surface area contributed by atoms with Gasteiger partial charge in [-0.25, -0.2) is 0 Å². The number of morpholine rings is 1. The van der Waals surface area contributed by atoms with E-state index in [1.165, 1.54) is 6.42 Å². The van der Waals surface area contributed by atoms with Gasteiger partial charge in [-0.1, -0.05) is 6.92 Å². The molecule has 120 valence electrons. The Morgan fingerprint density at radius 3 is 2.70 bits per heavy atom. The van der Waals surface area contributed by atoms with E-state index in [-0.39, 0.29) is 36.8 Å². The van der Waals surface area contributed by atoms with Crippen LogP contribution in [0.15, 0.2) is 0 Å². The summed E-state index contributed by atoms with van der Waals surface area (Å²) < 4.78 is 5.54. The van der Waals surface area contributed by atoms with Crippen molar-refractivity contribution in [1.29, 1.82) is 0 Å². The van der Waals surface area contributed by atoms with Crippen molar-refractivity contribution in [2.45, 2.75) is 25.9 Å². The van der Waals surface area contributed by atoms with E-state index in [2.05, 4.69) is 17.1 Å². The third-order valence-corrected chi connectivity index (χ3v) is 3.64. The molecule has 2 aliphatic heterocycles. The smallest absolute Gasteiger partial charge is 0.253 e. The maximum Gasteiger partial charge on any atom is 0.253 e. The molecule has 2 aliphatic rings. The lowest BCUT2D eigenvalue weighted by atomic mass is 10.2. The zero-order valence-corrected chi connectivity index (χ0v) is 13.8. The predicted molar refractivity (Wildman–Crippen MR) is 85.0 cm³/mol. The molecule has 1 atom stereocenters. The number of carbonyl (C=O) groups is 1. The molecule has 0 aromatic carbocycles. The highest BCUT2D eigenvalue weighted by Gasteiger charge is 2.27. The molecule has 7 heteroatoms. The Kier molecular flexibility index (Phi) is 10.6. The van der Waals surface area contributed by atoms with Crippen molar-refractivity contribution < 1.29 is 9.53 Å². The van der Waals surface area contributed by atoms with Crippen molar-refractivity contribution in [3.63, 3.8) is 0 Å². The number of rotatable bonds is 3. The molecule has 0 bridgehead atoms. The summed E-state index contributed by atoms with van der Waals surface area (Å²) in [5.41, 5.74) is 0. The van der Waals surface area contributed by atoms with Crippen molar-refractivity contribution in [3.05, 3.63) is 0 Å². The molecule has 0 saturated carbocycles. The van der Waals surface area contributed by atoms with Gasteiger partial charge in [0.15, 0.2) is 0 Å². The normalized spacial score (nSPS) is 24.2. The third-order valence-electron chi connectivity index (χ3n) is 3.64. The Morgan fingerprint density at radius 1 is 1.25 bits per heavy atom. The molecule has 0 spiro atoms. The average molecular weight is 328 g/mol. The minimum absolute atomic E-state index is 0. The highest BCUT2D eigenvalue weighted by Crippen LogP contribution is 2.08. The molecule has 0 aliphatic carbocycles. The van der Waals surface area contributed by atoms with Crippen LogP contribution in [0.1, 0.15) is 19.8 Å². The van der Waals surface area contributed by atoms with Crippen molar-refractivity contribution in [1.82, 2.24) is 15.1 Å². The lowest BCUT2D eigenvalue weighted by Gasteiger charge is -2.29. The van der Waals surface area contributed by atoms with Crippen molar-refractivity contribution in [2.75, 3.05) is 52.4 Å². The molecule has 20 heavy (non-hydrogen) atoms. The van der Waals surface area contributed by atoms with Crippen molar-refractivity contribution in [2.24, 2.45) is 0 Å². The third kappa shape index (κ3) is 5.74. The molecule has 2 heterocycles. The maximum atomic E-state index is 12.3. The second-order valence-corrected chi connectivity index (χ2v) is 5.08. The van der Waals surface area contributed by atoms with Gasteiger partial charge in [0.2, 0.25) is 0 Å². The summed E-state index contributed by atoms with van der Waals surface area (Å²) in [7, 11) is 0. The number of amides is 1. The van der Waals surface area contributed by atoms with Gasteiger partial charge in [0.05, 0.1) is 6.61 Å². The molecule has 0 radical (unpaired) electrons. The van der Waals surface area contributed by atoms with Gasteiger partial charge in [0, 0.05) is 32.7 Å². The Labute approximate surface area is 134 Å². The fourth-order valence-electron chi connectivity index (χ4n) is 2.66. The first kappa shape index (κ1) is 19.9. The van der Waals surface area contributed by atoms with E-state index in [4.69, 9.17) is 4.74 Å². The zero-order valence-electron chi connectivity index (χ0n) is 12.2. The van der Waals surface area contributed by atoms with Crippen molar-refractivity contribution >= 4 is 30.7 Å². The van der Waals surface area contributed by atoms with Gasteiger partial charge in [0.25, 0.3) is 5.91 Å². The summed E-state index contributed by atoms with van der Waals surface area (Å²) in [5.74, 6) is 0.167. The molecule has 2 fully saturated rings. The molecule has 1 N–H and O–H groups in total. The summed E-state index contributed by atoms with van der Waals surface area (Å²) in [6.07, 6.45) is 1.99. The highest BCUT2D eigenvalue weighted by atomic mass is 35.5. The van der Waals surface area contributed by atoms with E-state index in [1.54, 1.807) is 0 Å². The maximum absolute atomic E-state index is 12.3. The van der Waals surface area contributed by atoms with Crippen LogP contribution >= 0.6 is 24.8 Å². The Morgan fingerprint density at radius 2 is 2.05 bits per heavy atom. The van der Waals surface area contributed by atoms with E-state index < -0.39 is 0 Å². The van der Waals surface area contributed by atoms with Crippen LogP contribution in [0.2, 0.25) is 0 Å². The summed E-state index contributed by atoms with van der Waals surface area (Å²) >= 11 is 0. The molecule has 2 saturated heterocycles. The highest BCUT2D eigenvalue weighted by molar-refractivity contribution is 5.85. The molecule has 1 amide bonds. The number of hydrogen-bond donors (Lipinski definition) is 1. The standard InChI is InChI=1S/C13H25N3O2.2ClH/c1-2-5-15-6-3-7-16(9-8-15)13(17)12-11-14-4-10-18-12;;/h12,14H,2-11H2,1H3;2*1H. The molecule has 5 nitrogen and oxygen atoms in total. The number of ether oxygens (including phenoxy) is 1. The minimum atomic E-state index is -0.267. The molecule has 2 rings (SSSR count). The monoisotopic (exact) mass is 327 g/mol. The SMILES string of the molecule is CCCN1CCCN(C(=O)C2CNCCO2)CC1.Cl.Cl. The van der Waals surface area contributed by atoms with Crippen LogP contribution in [0.25, 0.3) is 0 Å². The van der Waals surface area contributed by atoms with Gasteiger partial charge in [-0.2, -0.15) is 0 Å². The quantitative estimate of drug-likeness (QED) is 0.831. The van der Waals surface area contributed by atoms with Crippen LogP contribution in [0.5, 0.6) is 0 Å². The lowest BCUT2D eigenvalue weighted by molar-refractivity contribution is -0.145. The largest absolute Gasteiger partial charge is 0.366 e. The molecule has 1 unspecified atom stereocenters. The van der Waals surface area contributed by atoms with E-state index >= 15 is 0 Å². The number of carbonyl (C=O) groups excluding carboxylic acids is 1. The number of halogens is 2. The lowest BCUT2D eigenvalue weighted by Crippen LogP contribution is -2.50. The Hall–Kier alpha value is -0.0700. The number of hydrogen-bond acceptors (Lipinski definition) is 4. The van der Waals surface area contributed by atoms with E-state index in [0.29, 0.717) is 13.2 Å². The van der Waals surface area contributed by atoms with Crippen LogP contribution < -0.4 is 5.32 Å². The summed E-state index contributed by atoms with van der Waals surface area (Å²) in [6, 6.07) is 0. The Balaban J connectivity index is 0.00000180. The number of nitrogens with zero attached hydrogens (tertiary/aromatic N) is 2. The molecular formula is C13H27Cl2N3O2. The summed E-state index contributed by atoms with van der Waals surface area (Å²) in [5, 5.41) is 3.22. The average Bonchev–Trinajstić information content (AvgIpc) is 2.65. The topological polar surface area (TPSA) is 44.8 Å². The fourth-order valence-corrected chi connectivity index (χ4v) is 2.66. The second-order valence-electron chi connectivity index (χ2n) is 5.08. The van der Waals surface area contributed by atoms with E-state index in [1.807, 2.05) is 4.90 Å². The summed E-state index contributed by atoms with van der Waals surface area (Å²) in [6.45, 7) is 9.34. The van der Waals surface area contributed by atoms with Gasteiger partial charge >= 0.3 is 0 Å². The Bertz CT molecular complexity index is 276. The van der Waals surface area contributed by atoms with E-state index in [0.717, 1.165) is 45.7 Å². The van der Waals surface area contributed by atoms with Gasteiger partial charge in [-0.3, -0.25) is 4.79 Å². The fraction of sp³-hybridized carbons (Fsp3) is 0.923. The first-order chi connectivity index (χ1) is 8.81. The summed E-state index contributed by atoms with van der Waals surface area (Å²) in [4.78, 5) is 16.7. The van der Waals surface area contributed by atoms with E-state index in [9.17, 15) is 4.79 Å². The van der Waals surface area contributed by atoms with Gasteiger partial charge < -0.3 is 19.9 Å². The van der Waals surface area contributed by atoms with Crippen LogP contribution in [-0.2, 0) is 9.53 Å². The second kappa shape index (κ2) is 10.6. The first-order valence-corrected chi connectivity index (χ1v) is 7.14. The van der Waals surface area contributed by atoms with Crippen molar-refractivity contribution in [3.8, 4) is 0 Å². The first-order valence-electron chi connectivity index (χ1n) is 7.14. The van der Waals surface area contributed by atoms with Crippen LogP contribution in [0.4, 0.5) is 0 Å².